The van der Waals surface area contributed by atoms with Crippen LogP contribution in [0.4, 0.5) is 17.3 Å². The van der Waals surface area contributed by atoms with E-state index in [9.17, 15) is 8.42 Å². The largest absolute Gasteiger partial charge is 0.339 e. The maximum absolute atomic E-state index is 12.9. The fourth-order valence-electron chi connectivity index (χ4n) is 4.42. The number of anilines is 3. The number of hydrogen-bond acceptors (Lipinski definition) is 9. The van der Waals surface area contributed by atoms with Gasteiger partial charge in [0.1, 0.15) is 5.82 Å². The van der Waals surface area contributed by atoms with Gasteiger partial charge in [-0.15, -0.1) is 0 Å². The second-order valence-corrected chi connectivity index (χ2v) is 12.1. The van der Waals surface area contributed by atoms with Crippen molar-refractivity contribution in [2.75, 3.05) is 37.4 Å². The SMILES string of the molecule is CC(C)S(=O)(=O)c1ccccc1Nc1cc(N/N=C/c2ccc(C3CNCCN3C)cc2)nc2ccnn12. The van der Waals surface area contributed by atoms with E-state index in [1.807, 2.05) is 0 Å². The van der Waals surface area contributed by atoms with Crippen molar-refractivity contribution >= 4 is 39.0 Å². The van der Waals surface area contributed by atoms with E-state index in [-0.39, 0.29) is 4.90 Å². The average molecular weight is 533 g/mol. The third-order valence-corrected chi connectivity index (χ3v) is 8.87. The zero-order valence-electron chi connectivity index (χ0n) is 21.7. The zero-order chi connectivity index (χ0) is 26.7. The third-order valence-electron chi connectivity index (χ3n) is 6.66. The summed E-state index contributed by atoms with van der Waals surface area (Å²) in [5.41, 5.74) is 6.28. The number of hydrogen-bond donors (Lipinski definition) is 3. The van der Waals surface area contributed by atoms with Crippen molar-refractivity contribution in [1.29, 1.82) is 0 Å². The van der Waals surface area contributed by atoms with Gasteiger partial charge in [-0.05, 0) is 44.2 Å². The first-order valence-electron chi connectivity index (χ1n) is 12.6. The Labute approximate surface area is 222 Å². The Bertz CT molecular complexity index is 1550. The van der Waals surface area contributed by atoms with E-state index in [1.54, 1.807) is 67.2 Å². The first-order chi connectivity index (χ1) is 18.3. The van der Waals surface area contributed by atoms with Crippen LogP contribution in [0.5, 0.6) is 0 Å². The molecular formula is C27H32N8O2S. The van der Waals surface area contributed by atoms with Crippen LogP contribution in [0.3, 0.4) is 0 Å². The molecule has 0 aliphatic carbocycles. The lowest BCUT2D eigenvalue weighted by atomic mass is 10.0. The fourth-order valence-corrected chi connectivity index (χ4v) is 5.63. The number of para-hydroxylation sites is 1. The Morgan fingerprint density at radius 2 is 1.92 bits per heavy atom. The highest BCUT2D eigenvalue weighted by Gasteiger charge is 2.23. The summed E-state index contributed by atoms with van der Waals surface area (Å²) in [6.07, 6.45) is 3.38. The topological polar surface area (TPSA) is 116 Å². The second kappa shape index (κ2) is 10.9. The number of benzene rings is 2. The molecule has 0 saturated carbocycles. The summed E-state index contributed by atoms with van der Waals surface area (Å²) in [5.74, 6) is 1.05. The standard InChI is InChI=1S/C27H32N8O2S/c1-19(2)38(36,37)24-7-5-4-6-22(24)31-27-16-25(32-26-12-13-30-35(26)27)33-29-17-20-8-10-21(11-9-20)23-18-28-14-15-34(23)3/h4-13,16-17,19,23,28,31H,14-15,18H2,1-3H3,(H,32,33)/b29-17+. The predicted octanol–water partition coefficient (Wildman–Crippen LogP) is 3.68. The molecular weight excluding hydrogens is 500 g/mol. The zero-order valence-corrected chi connectivity index (χ0v) is 22.5. The van der Waals surface area contributed by atoms with Crippen LogP contribution < -0.4 is 16.1 Å². The van der Waals surface area contributed by atoms with E-state index in [2.05, 4.69) is 67.5 Å². The van der Waals surface area contributed by atoms with Gasteiger partial charge in [0.15, 0.2) is 21.3 Å². The van der Waals surface area contributed by atoms with Crippen molar-refractivity contribution in [2.24, 2.45) is 5.10 Å². The molecule has 5 rings (SSSR count). The van der Waals surface area contributed by atoms with Gasteiger partial charge in [0.05, 0.1) is 28.2 Å². The molecule has 10 nitrogen and oxygen atoms in total. The van der Waals surface area contributed by atoms with E-state index in [4.69, 9.17) is 0 Å². The smallest absolute Gasteiger partial charge is 0.182 e. The number of aromatic nitrogens is 3. The number of nitrogens with one attached hydrogen (secondary N) is 3. The highest BCUT2D eigenvalue weighted by molar-refractivity contribution is 7.92. The number of sulfone groups is 1. The molecule has 11 heteroatoms. The third kappa shape index (κ3) is 5.40. The highest BCUT2D eigenvalue weighted by atomic mass is 32.2. The molecule has 198 valence electrons. The monoisotopic (exact) mass is 532 g/mol. The Morgan fingerprint density at radius 3 is 2.68 bits per heavy atom. The van der Waals surface area contributed by atoms with Gasteiger partial charge in [-0.3, -0.25) is 10.3 Å². The van der Waals surface area contributed by atoms with Gasteiger partial charge >= 0.3 is 0 Å². The summed E-state index contributed by atoms with van der Waals surface area (Å²) in [6, 6.07) is 19.1. The number of fused-ring (bicyclic) bond motifs is 1. The highest BCUT2D eigenvalue weighted by Crippen LogP contribution is 2.29. The molecule has 2 aromatic carbocycles. The maximum atomic E-state index is 12.9. The van der Waals surface area contributed by atoms with Crippen molar-refractivity contribution in [3.05, 3.63) is 78.0 Å². The Kier molecular flexibility index (Phi) is 7.41. The molecule has 0 radical (unpaired) electrons. The van der Waals surface area contributed by atoms with Gasteiger partial charge in [0, 0.05) is 37.8 Å². The van der Waals surface area contributed by atoms with Gasteiger partial charge in [-0.1, -0.05) is 36.4 Å². The number of likely N-dealkylation sites (N-methyl/N-ethyl adjacent to an activating group) is 1. The molecule has 0 bridgehead atoms. The van der Waals surface area contributed by atoms with Crippen LogP contribution in [0.25, 0.3) is 5.65 Å². The van der Waals surface area contributed by atoms with E-state index in [0.717, 1.165) is 25.2 Å². The molecule has 2 aromatic heterocycles. The van der Waals surface area contributed by atoms with Gasteiger partial charge in [-0.2, -0.15) is 14.7 Å². The first kappa shape index (κ1) is 25.8. The first-order valence-corrected chi connectivity index (χ1v) is 14.1. The molecule has 0 spiro atoms. The lowest BCUT2D eigenvalue weighted by molar-refractivity contribution is 0.202. The van der Waals surface area contributed by atoms with Gasteiger partial charge < -0.3 is 10.6 Å². The average Bonchev–Trinajstić information content (AvgIpc) is 3.39. The number of rotatable bonds is 8. The Morgan fingerprint density at radius 1 is 1.13 bits per heavy atom. The summed E-state index contributed by atoms with van der Waals surface area (Å²) < 4.78 is 27.4. The number of hydrazone groups is 1. The quantitative estimate of drug-likeness (QED) is 0.233. The Balaban J connectivity index is 1.35. The molecule has 1 atom stereocenters. The van der Waals surface area contributed by atoms with Crippen LogP contribution in [-0.2, 0) is 9.84 Å². The van der Waals surface area contributed by atoms with Crippen LogP contribution in [0.15, 0.2) is 76.9 Å². The van der Waals surface area contributed by atoms with E-state index in [0.29, 0.717) is 29.0 Å². The van der Waals surface area contributed by atoms with Crippen LogP contribution in [0.1, 0.15) is 31.0 Å². The van der Waals surface area contributed by atoms with Crippen molar-refractivity contribution in [2.45, 2.75) is 30.0 Å². The lowest BCUT2D eigenvalue weighted by Gasteiger charge is -2.33. The Hall–Kier alpha value is -3.80. The minimum Gasteiger partial charge on any atom is -0.339 e. The van der Waals surface area contributed by atoms with Crippen molar-refractivity contribution in [3.63, 3.8) is 0 Å². The van der Waals surface area contributed by atoms with Crippen LogP contribution in [-0.4, -0.2) is 66.1 Å². The number of nitrogens with zero attached hydrogens (tertiary/aromatic N) is 5. The predicted molar refractivity (Wildman–Crippen MR) is 151 cm³/mol. The van der Waals surface area contributed by atoms with E-state index >= 15 is 0 Å². The molecule has 3 N–H and O–H groups in total. The van der Waals surface area contributed by atoms with Crippen molar-refractivity contribution in [1.82, 2.24) is 24.8 Å². The summed E-state index contributed by atoms with van der Waals surface area (Å²) in [6.45, 7) is 6.33. The number of piperazine rings is 1. The summed E-state index contributed by atoms with van der Waals surface area (Å²) in [5, 5.41) is 14.8. The molecule has 1 aliphatic rings. The molecule has 38 heavy (non-hydrogen) atoms. The minimum atomic E-state index is -3.49. The molecule has 1 saturated heterocycles. The summed E-state index contributed by atoms with van der Waals surface area (Å²) in [4.78, 5) is 7.15. The lowest BCUT2D eigenvalue weighted by Crippen LogP contribution is -2.43. The van der Waals surface area contributed by atoms with Gasteiger partial charge in [0.25, 0.3) is 0 Å². The fraction of sp³-hybridized carbons (Fsp3) is 0.296. The minimum absolute atomic E-state index is 0.235. The molecule has 3 heterocycles. The maximum Gasteiger partial charge on any atom is 0.182 e. The van der Waals surface area contributed by atoms with Crippen LogP contribution in [0, 0.1) is 0 Å². The summed E-state index contributed by atoms with van der Waals surface area (Å²) in [7, 11) is -1.34. The molecule has 4 aromatic rings. The van der Waals surface area contributed by atoms with Gasteiger partial charge in [-0.25, -0.2) is 13.4 Å². The molecule has 0 amide bonds. The van der Waals surface area contributed by atoms with Gasteiger partial charge in [0.2, 0.25) is 0 Å². The van der Waals surface area contributed by atoms with E-state index < -0.39 is 15.1 Å². The van der Waals surface area contributed by atoms with Crippen LogP contribution >= 0.6 is 0 Å². The van der Waals surface area contributed by atoms with E-state index in [1.165, 1.54) is 5.56 Å². The molecule has 1 aliphatic heterocycles. The normalized spacial score (nSPS) is 16.9. The van der Waals surface area contributed by atoms with Crippen LogP contribution in [0.2, 0.25) is 0 Å². The van der Waals surface area contributed by atoms with Crippen molar-refractivity contribution < 1.29 is 8.42 Å². The second-order valence-electron chi connectivity index (χ2n) is 9.58. The molecule has 1 unspecified atom stereocenters. The van der Waals surface area contributed by atoms with Crippen molar-refractivity contribution in [3.8, 4) is 0 Å². The summed E-state index contributed by atoms with van der Waals surface area (Å²) >= 11 is 0. The molecule has 1 fully saturated rings.